The van der Waals surface area contributed by atoms with Crippen molar-refractivity contribution in [2.24, 2.45) is 0 Å². The Hall–Kier alpha value is -0.340. The Balaban J connectivity index is 1.65. The minimum Gasteiger partial charge on any atom is -0.378 e. The summed E-state index contributed by atoms with van der Waals surface area (Å²) in [6.45, 7) is 6.60. The molecule has 2 heteroatoms. The number of hydrogen-bond acceptors (Lipinski definition) is 2. The topological polar surface area (TPSA) is 12.5 Å². The van der Waals surface area contributed by atoms with E-state index in [4.69, 9.17) is 4.74 Å². The summed E-state index contributed by atoms with van der Waals surface area (Å²) in [6.07, 6.45) is 6.76. The average Bonchev–Trinajstić information content (AvgIpc) is 2.46. The van der Waals surface area contributed by atoms with Gasteiger partial charge < -0.3 is 4.74 Å². The number of nitrogens with zero attached hydrogens (tertiary/aromatic N) is 1. The van der Waals surface area contributed by atoms with Crippen molar-refractivity contribution in [2.75, 3.05) is 13.2 Å². The summed E-state index contributed by atoms with van der Waals surface area (Å²) < 4.78 is 5.57. The van der Waals surface area contributed by atoms with Gasteiger partial charge in [0.2, 0.25) is 0 Å². The second-order valence-corrected chi connectivity index (χ2v) is 5.82. The Kier molecular flexibility index (Phi) is 2.80. The van der Waals surface area contributed by atoms with Gasteiger partial charge in [-0.2, -0.15) is 0 Å². The first-order valence-electron chi connectivity index (χ1n) is 6.76. The molecule has 2 saturated heterocycles. The molecule has 0 saturated carbocycles. The van der Waals surface area contributed by atoms with Gasteiger partial charge in [-0.3, -0.25) is 4.90 Å². The molecule has 2 heterocycles. The zero-order valence-electron chi connectivity index (χ0n) is 10.5. The lowest BCUT2D eigenvalue weighted by atomic mass is 9.86. The van der Waals surface area contributed by atoms with E-state index in [1.54, 1.807) is 11.1 Å². The van der Waals surface area contributed by atoms with Crippen molar-refractivity contribution < 1.29 is 4.74 Å². The molecule has 2 aliphatic heterocycles. The van der Waals surface area contributed by atoms with E-state index in [1.165, 1.54) is 32.1 Å². The maximum absolute atomic E-state index is 5.57. The first-order valence-corrected chi connectivity index (χ1v) is 6.76. The lowest BCUT2D eigenvalue weighted by molar-refractivity contribution is -0.148. The van der Waals surface area contributed by atoms with Crippen LogP contribution in [-0.2, 0) is 4.74 Å². The SMILES string of the molecule is CC1=C(C)CCC(N2C3COCC2C3)CC1. The maximum atomic E-state index is 5.57. The van der Waals surface area contributed by atoms with Gasteiger partial charge in [0.15, 0.2) is 0 Å². The van der Waals surface area contributed by atoms with Gasteiger partial charge in [0, 0.05) is 18.1 Å². The van der Waals surface area contributed by atoms with Gasteiger partial charge in [-0.1, -0.05) is 11.1 Å². The van der Waals surface area contributed by atoms with Crippen LogP contribution in [0.15, 0.2) is 11.1 Å². The molecule has 2 bridgehead atoms. The molecule has 1 aliphatic carbocycles. The molecule has 2 fully saturated rings. The number of ether oxygens (including phenoxy) is 1. The summed E-state index contributed by atoms with van der Waals surface area (Å²) in [5.74, 6) is 0. The van der Waals surface area contributed by atoms with Crippen molar-refractivity contribution >= 4 is 0 Å². The van der Waals surface area contributed by atoms with E-state index in [0.717, 1.165) is 31.3 Å². The van der Waals surface area contributed by atoms with E-state index in [0.29, 0.717) is 0 Å². The van der Waals surface area contributed by atoms with Crippen LogP contribution in [0, 0.1) is 0 Å². The average molecular weight is 221 g/mol. The predicted octanol–water partition coefficient (Wildman–Crippen LogP) is 2.74. The summed E-state index contributed by atoms with van der Waals surface area (Å²) in [5.41, 5.74) is 3.29. The van der Waals surface area contributed by atoms with Crippen LogP contribution in [0.25, 0.3) is 0 Å². The lowest BCUT2D eigenvalue weighted by Gasteiger charge is -2.56. The third kappa shape index (κ3) is 1.72. The molecule has 3 rings (SSSR count). The fraction of sp³-hybridized carbons (Fsp3) is 0.857. The van der Waals surface area contributed by atoms with Crippen LogP contribution in [0.2, 0.25) is 0 Å². The normalized spacial score (nSPS) is 37.1. The van der Waals surface area contributed by atoms with E-state index >= 15 is 0 Å². The molecule has 0 aromatic rings. The Morgan fingerprint density at radius 3 is 2.00 bits per heavy atom. The molecule has 16 heavy (non-hydrogen) atoms. The summed E-state index contributed by atoms with van der Waals surface area (Å²) in [6, 6.07) is 2.34. The Morgan fingerprint density at radius 2 is 1.50 bits per heavy atom. The van der Waals surface area contributed by atoms with Gasteiger partial charge in [-0.15, -0.1) is 0 Å². The van der Waals surface area contributed by atoms with Crippen LogP contribution in [0.1, 0.15) is 46.0 Å². The van der Waals surface area contributed by atoms with Crippen molar-refractivity contribution in [3.8, 4) is 0 Å². The summed E-state index contributed by atoms with van der Waals surface area (Å²) >= 11 is 0. The van der Waals surface area contributed by atoms with Crippen LogP contribution in [-0.4, -0.2) is 36.2 Å². The second kappa shape index (κ2) is 4.15. The van der Waals surface area contributed by atoms with Crippen molar-refractivity contribution in [2.45, 2.75) is 64.1 Å². The van der Waals surface area contributed by atoms with Crippen molar-refractivity contribution in [1.29, 1.82) is 0 Å². The molecule has 0 radical (unpaired) electrons. The van der Waals surface area contributed by atoms with Crippen LogP contribution >= 0.6 is 0 Å². The molecule has 0 aromatic carbocycles. The minimum atomic E-state index is 0.752. The number of allylic oxidation sites excluding steroid dienone is 2. The minimum absolute atomic E-state index is 0.752. The highest BCUT2D eigenvalue weighted by atomic mass is 16.5. The molecule has 0 amide bonds. The molecule has 2 nitrogen and oxygen atoms in total. The van der Waals surface area contributed by atoms with Crippen molar-refractivity contribution in [3.05, 3.63) is 11.1 Å². The zero-order chi connectivity index (χ0) is 11.1. The fourth-order valence-corrected chi connectivity index (χ4v) is 3.60. The van der Waals surface area contributed by atoms with Gasteiger partial charge in [0.1, 0.15) is 0 Å². The van der Waals surface area contributed by atoms with Crippen LogP contribution < -0.4 is 0 Å². The number of hydrogen-bond donors (Lipinski definition) is 0. The quantitative estimate of drug-likeness (QED) is 0.631. The molecular formula is C14H23NO. The largest absolute Gasteiger partial charge is 0.378 e. The monoisotopic (exact) mass is 221 g/mol. The molecular weight excluding hydrogens is 198 g/mol. The fourth-order valence-electron chi connectivity index (χ4n) is 3.60. The van der Waals surface area contributed by atoms with E-state index in [-0.39, 0.29) is 0 Å². The second-order valence-electron chi connectivity index (χ2n) is 5.82. The van der Waals surface area contributed by atoms with Gasteiger partial charge in [-0.25, -0.2) is 0 Å². The highest BCUT2D eigenvalue weighted by Gasteiger charge is 2.45. The van der Waals surface area contributed by atoms with Gasteiger partial charge in [-0.05, 0) is 46.0 Å². The van der Waals surface area contributed by atoms with E-state index in [2.05, 4.69) is 18.7 Å². The van der Waals surface area contributed by atoms with Crippen LogP contribution in [0.3, 0.4) is 0 Å². The third-order valence-electron chi connectivity index (χ3n) is 4.86. The lowest BCUT2D eigenvalue weighted by Crippen LogP contribution is -2.66. The highest BCUT2D eigenvalue weighted by molar-refractivity contribution is 5.13. The third-order valence-corrected chi connectivity index (χ3v) is 4.86. The standard InChI is InChI=1S/C14H23NO/c1-10-3-5-12(6-4-11(10)2)15-13-7-14(15)9-16-8-13/h12-14H,3-9H2,1-2H3. The van der Waals surface area contributed by atoms with Crippen molar-refractivity contribution in [3.63, 3.8) is 0 Å². The molecule has 0 N–H and O–H groups in total. The molecule has 2 atom stereocenters. The maximum Gasteiger partial charge on any atom is 0.0623 e. The number of rotatable bonds is 1. The Bertz CT molecular complexity index is 280. The molecule has 3 aliphatic rings. The molecule has 90 valence electrons. The van der Waals surface area contributed by atoms with E-state index < -0.39 is 0 Å². The Labute approximate surface area is 98.6 Å². The summed E-state index contributed by atoms with van der Waals surface area (Å²) in [7, 11) is 0. The molecule has 2 unspecified atom stereocenters. The first kappa shape index (κ1) is 10.8. The predicted molar refractivity (Wildman–Crippen MR) is 65.5 cm³/mol. The number of morpholine rings is 1. The van der Waals surface area contributed by atoms with Crippen LogP contribution in [0.5, 0.6) is 0 Å². The first-order chi connectivity index (χ1) is 7.75. The summed E-state index contributed by atoms with van der Waals surface area (Å²) in [5, 5.41) is 0. The van der Waals surface area contributed by atoms with Crippen molar-refractivity contribution in [1.82, 2.24) is 4.90 Å². The van der Waals surface area contributed by atoms with Crippen LogP contribution in [0.4, 0.5) is 0 Å². The smallest absolute Gasteiger partial charge is 0.0623 e. The Morgan fingerprint density at radius 1 is 0.938 bits per heavy atom. The molecule has 0 aromatic heterocycles. The van der Waals surface area contributed by atoms with E-state index in [1.807, 2.05) is 0 Å². The van der Waals surface area contributed by atoms with Gasteiger partial charge in [0.05, 0.1) is 13.2 Å². The van der Waals surface area contributed by atoms with E-state index in [9.17, 15) is 0 Å². The highest BCUT2D eigenvalue weighted by Crippen LogP contribution is 2.37. The van der Waals surface area contributed by atoms with Gasteiger partial charge in [0.25, 0.3) is 0 Å². The summed E-state index contributed by atoms with van der Waals surface area (Å²) in [4.78, 5) is 2.77. The van der Waals surface area contributed by atoms with Gasteiger partial charge >= 0.3 is 0 Å². The zero-order valence-corrected chi connectivity index (χ0v) is 10.5. The molecule has 0 spiro atoms. The number of fused-ring (bicyclic) bond motifs is 2.